The minimum Gasteiger partial charge on any atom is -0.442 e. The van der Waals surface area contributed by atoms with E-state index in [0.29, 0.717) is 17.3 Å². The molecule has 0 fully saturated rings. The SMILES string of the molecule is Cc1nccc(Nc2ccc(-c3cnn(C(=O)OC(C)(C)C)c3)nc2)n1. The molecule has 0 aliphatic carbocycles. The van der Waals surface area contributed by atoms with Crippen LogP contribution in [-0.4, -0.2) is 36.4 Å². The van der Waals surface area contributed by atoms with Gasteiger partial charge in [-0.25, -0.2) is 14.8 Å². The van der Waals surface area contributed by atoms with Gasteiger partial charge in [0.2, 0.25) is 0 Å². The first-order valence-corrected chi connectivity index (χ1v) is 8.11. The summed E-state index contributed by atoms with van der Waals surface area (Å²) in [6.45, 7) is 7.25. The highest BCUT2D eigenvalue weighted by Gasteiger charge is 2.18. The molecule has 3 aromatic heterocycles. The lowest BCUT2D eigenvalue weighted by atomic mass is 10.2. The Morgan fingerprint density at radius 2 is 1.96 bits per heavy atom. The molecule has 0 radical (unpaired) electrons. The summed E-state index contributed by atoms with van der Waals surface area (Å²) in [5, 5.41) is 7.21. The molecular weight excluding hydrogens is 332 g/mol. The number of hydrogen-bond acceptors (Lipinski definition) is 7. The number of nitrogens with one attached hydrogen (secondary N) is 1. The molecule has 3 heterocycles. The minimum absolute atomic E-state index is 0.527. The number of ether oxygens (including phenoxy) is 1. The highest BCUT2D eigenvalue weighted by Crippen LogP contribution is 2.20. The molecule has 0 saturated heterocycles. The van der Waals surface area contributed by atoms with Crippen LogP contribution in [-0.2, 0) is 4.74 Å². The predicted molar refractivity (Wildman–Crippen MR) is 97.1 cm³/mol. The lowest BCUT2D eigenvalue weighted by molar-refractivity contribution is 0.0514. The number of aryl methyl sites for hydroxylation is 1. The first-order chi connectivity index (χ1) is 12.3. The van der Waals surface area contributed by atoms with E-state index in [1.165, 1.54) is 0 Å². The monoisotopic (exact) mass is 352 g/mol. The number of pyridine rings is 1. The first-order valence-electron chi connectivity index (χ1n) is 8.11. The van der Waals surface area contributed by atoms with Gasteiger partial charge >= 0.3 is 6.09 Å². The van der Waals surface area contributed by atoms with Gasteiger partial charge in [0.25, 0.3) is 0 Å². The standard InChI is InChI=1S/C18H20N6O2/c1-12-19-8-7-16(22-12)23-14-5-6-15(20-10-14)13-9-21-24(11-13)17(25)26-18(2,3)4/h5-11H,1-4H3,(H,19,22,23). The average Bonchev–Trinajstić information content (AvgIpc) is 3.04. The molecule has 26 heavy (non-hydrogen) atoms. The molecule has 1 N–H and O–H groups in total. The van der Waals surface area contributed by atoms with E-state index in [9.17, 15) is 4.79 Å². The van der Waals surface area contributed by atoms with Crippen molar-refractivity contribution >= 4 is 17.6 Å². The Bertz CT molecular complexity index is 912. The smallest absolute Gasteiger partial charge is 0.435 e. The fourth-order valence-electron chi connectivity index (χ4n) is 2.18. The third kappa shape index (κ3) is 4.41. The second kappa shape index (κ2) is 6.91. The largest absolute Gasteiger partial charge is 0.442 e. The van der Waals surface area contributed by atoms with Gasteiger partial charge in [0.05, 0.1) is 23.8 Å². The molecule has 134 valence electrons. The van der Waals surface area contributed by atoms with E-state index in [4.69, 9.17) is 4.74 Å². The zero-order valence-corrected chi connectivity index (χ0v) is 15.1. The van der Waals surface area contributed by atoms with Crippen molar-refractivity contribution in [1.82, 2.24) is 24.7 Å². The van der Waals surface area contributed by atoms with Crippen molar-refractivity contribution in [2.75, 3.05) is 5.32 Å². The highest BCUT2D eigenvalue weighted by molar-refractivity contribution is 5.72. The average molecular weight is 352 g/mol. The molecule has 0 amide bonds. The van der Waals surface area contributed by atoms with Crippen molar-refractivity contribution in [3.63, 3.8) is 0 Å². The molecule has 0 atom stereocenters. The van der Waals surface area contributed by atoms with Gasteiger partial charge in [-0.1, -0.05) is 0 Å². The topological polar surface area (TPSA) is 94.8 Å². The summed E-state index contributed by atoms with van der Waals surface area (Å²) in [5.74, 6) is 1.39. The normalized spacial score (nSPS) is 11.2. The zero-order valence-electron chi connectivity index (χ0n) is 15.1. The van der Waals surface area contributed by atoms with E-state index in [0.717, 1.165) is 15.9 Å². The van der Waals surface area contributed by atoms with Crippen LogP contribution in [0.5, 0.6) is 0 Å². The molecule has 0 unspecified atom stereocenters. The van der Waals surface area contributed by atoms with Crippen LogP contribution in [0, 0.1) is 6.92 Å². The van der Waals surface area contributed by atoms with Gasteiger partial charge in [0, 0.05) is 18.0 Å². The fourth-order valence-corrected chi connectivity index (χ4v) is 2.18. The number of aromatic nitrogens is 5. The molecule has 0 aliphatic rings. The van der Waals surface area contributed by atoms with Gasteiger partial charge in [-0.3, -0.25) is 4.98 Å². The lowest BCUT2D eigenvalue weighted by Gasteiger charge is -2.18. The highest BCUT2D eigenvalue weighted by atomic mass is 16.6. The third-order valence-electron chi connectivity index (χ3n) is 3.27. The summed E-state index contributed by atoms with van der Waals surface area (Å²) >= 11 is 0. The summed E-state index contributed by atoms with van der Waals surface area (Å²) in [4.78, 5) is 24.8. The number of carbonyl (C=O) groups is 1. The van der Waals surface area contributed by atoms with Gasteiger partial charge < -0.3 is 10.1 Å². The van der Waals surface area contributed by atoms with Crippen molar-refractivity contribution in [2.45, 2.75) is 33.3 Å². The van der Waals surface area contributed by atoms with Crippen molar-refractivity contribution in [2.24, 2.45) is 0 Å². The second-order valence-corrected chi connectivity index (χ2v) is 6.70. The molecule has 0 spiro atoms. The molecule has 8 heteroatoms. The lowest BCUT2D eigenvalue weighted by Crippen LogP contribution is -2.27. The molecule has 3 rings (SSSR count). The van der Waals surface area contributed by atoms with Crippen molar-refractivity contribution in [3.05, 3.63) is 48.8 Å². The quantitative estimate of drug-likeness (QED) is 0.770. The summed E-state index contributed by atoms with van der Waals surface area (Å²) in [7, 11) is 0. The van der Waals surface area contributed by atoms with Crippen LogP contribution in [0.3, 0.4) is 0 Å². The Labute approximate surface area is 151 Å². The Morgan fingerprint density at radius 3 is 2.62 bits per heavy atom. The number of anilines is 2. The Kier molecular flexibility index (Phi) is 4.66. The van der Waals surface area contributed by atoms with E-state index in [2.05, 4.69) is 25.4 Å². The van der Waals surface area contributed by atoms with Crippen LogP contribution in [0.15, 0.2) is 43.0 Å². The van der Waals surface area contributed by atoms with E-state index in [1.807, 2.05) is 39.8 Å². The Morgan fingerprint density at radius 1 is 1.15 bits per heavy atom. The van der Waals surface area contributed by atoms with Crippen LogP contribution in [0.4, 0.5) is 16.3 Å². The predicted octanol–water partition coefficient (Wildman–Crippen LogP) is 3.57. The van der Waals surface area contributed by atoms with Gasteiger partial charge in [0.15, 0.2) is 0 Å². The molecule has 0 saturated carbocycles. The van der Waals surface area contributed by atoms with Gasteiger partial charge in [-0.05, 0) is 45.9 Å². The fraction of sp³-hybridized carbons (Fsp3) is 0.278. The first kappa shape index (κ1) is 17.5. The van der Waals surface area contributed by atoms with Crippen LogP contribution < -0.4 is 5.32 Å². The number of nitrogens with zero attached hydrogens (tertiary/aromatic N) is 5. The summed E-state index contributed by atoms with van der Waals surface area (Å²) < 4.78 is 6.45. The van der Waals surface area contributed by atoms with Gasteiger partial charge in [-0.2, -0.15) is 9.78 Å². The summed E-state index contributed by atoms with van der Waals surface area (Å²) in [6, 6.07) is 5.50. The molecule has 0 aromatic carbocycles. The number of carbonyl (C=O) groups excluding carboxylic acids is 1. The molecule has 0 bridgehead atoms. The number of rotatable bonds is 3. The minimum atomic E-state index is -0.575. The zero-order chi connectivity index (χ0) is 18.7. The van der Waals surface area contributed by atoms with Crippen LogP contribution >= 0.6 is 0 Å². The second-order valence-electron chi connectivity index (χ2n) is 6.70. The molecular formula is C18H20N6O2. The summed E-state index contributed by atoms with van der Waals surface area (Å²) in [6.07, 6.45) is 6.03. The van der Waals surface area contributed by atoms with Crippen molar-refractivity contribution < 1.29 is 9.53 Å². The van der Waals surface area contributed by atoms with E-state index in [1.54, 1.807) is 30.9 Å². The maximum Gasteiger partial charge on any atom is 0.435 e. The third-order valence-corrected chi connectivity index (χ3v) is 3.27. The van der Waals surface area contributed by atoms with Crippen LogP contribution in [0.25, 0.3) is 11.3 Å². The van der Waals surface area contributed by atoms with Crippen LogP contribution in [0.2, 0.25) is 0 Å². The van der Waals surface area contributed by atoms with Crippen LogP contribution in [0.1, 0.15) is 26.6 Å². The van der Waals surface area contributed by atoms with E-state index >= 15 is 0 Å². The molecule has 8 nitrogen and oxygen atoms in total. The van der Waals surface area contributed by atoms with Crippen molar-refractivity contribution in [3.8, 4) is 11.3 Å². The molecule has 3 aromatic rings. The Hall–Kier alpha value is -3.29. The Balaban J connectivity index is 1.72. The maximum absolute atomic E-state index is 12.0. The van der Waals surface area contributed by atoms with E-state index < -0.39 is 11.7 Å². The molecule has 0 aliphatic heterocycles. The van der Waals surface area contributed by atoms with Crippen molar-refractivity contribution in [1.29, 1.82) is 0 Å². The van der Waals surface area contributed by atoms with Gasteiger partial charge in [-0.15, -0.1) is 0 Å². The van der Waals surface area contributed by atoms with E-state index in [-0.39, 0.29) is 0 Å². The maximum atomic E-state index is 12.0. The number of hydrogen-bond donors (Lipinski definition) is 1. The summed E-state index contributed by atoms with van der Waals surface area (Å²) in [5.41, 5.74) is 1.64. The van der Waals surface area contributed by atoms with Gasteiger partial charge in [0.1, 0.15) is 17.2 Å².